The van der Waals surface area contributed by atoms with E-state index in [0.717, 1.165) is 5.56 Å². The van der Waals surface area contributed by atoms with Crippen LogP contribution in [-0.2, 0) is 4.79 Å². The van der Waals surface area contributed by atoms with Gasteiger partial charge < -0.3 is 20.1 Å². The smallest absolute Gasteiger partial charge is 0.262 e. The van der Waals surface area contributed by atoms with Gasteiger partial charge in [-0.05, 0) is 73.2 Å². The first-order valence-corrected chi connectivity index (χ1v) is 9.56. The van der Waals surface area contributed by atoms with Gasteiger partial charge in [-0.2, -0.15) is 0 Å². The molecule has 0 saturated heterocycles. The Balaban J connectivity index is 1.55. The van der Waals surface area contributed by atoms with Gasteiger partial charge in [0.2, 0.25) is 0 Å². The van der Waals surface area contributed by atoms with E-state index in [9.17, 15) is 9.59 Å². The molecule has 3 rings (SSSR count). The molecule has 0 heterocycles. The highest BCUT2D eigenvalue weighted by atomic mass is 35.5. The second kappa shape index (κ2) is 9.80. The van der Waals surface area contributed by atoms with Crippen LogP contribution in [-0.4, -0.2) is 25.5 Å². The van der Waals surface area contributed by atoms with Crippen molar-refractivity contribution < 1.29 is 19.1 Å². The summed E-state index contributed by atoms with van der Waals surface area (Å²) in [7, 11) is 1.55. The van der Waals surface area contributed by atoms with Crippen molar-refractivity contribution in [2.24, 2.45) is 0 Å². The zero-order valence-electron chi connectivity index (χ0n) is 16.6. The van der Waals surface area contributed by atoms with Gasteiger partial charge in [0, 0.05) is 16.3 Å². The average molecular weight is 425 g/mol. The van der Waals surface area contributed by atoms with Crippen LogP contribution >= 0.6 is 11.6 Å². The number of hydrogen-bond donors (Lipinski definition) is 2. The summed E-state index contributed by atoms with van der Waals surface area (Å²) in [5.41, 5.74) is 2.69. The maximum absolute atomic E-state index is 12.5. The summed E-state index contributed by atoms with van der Waals surface area (Å²) in [5, 5.41) is 6.15. The highest BCUT2D eigenvalue weighted by molar-refractivity contribution is 6.30. The summed E-state index contributed by atoms with van der Waals surface area (Å²) in [6.07, 6.45) is 0. The van der Waals surface area contributed by atoms with E-state index < -0.39 is 0 Å². The van der Waals surface area contributed by atoms with Crippen LogP contribution in [0.15, 0.2) is 66.7 Å². The van der Waals surface area contributed by atoms with Crippen molar-refractivity contribution in [3.05, 3.63) is 82.9 Å². The molecule has 0 spiro atoms. The SMILES string of the molecule is COc1ccc(C)cc1NC(=O)c1ccc(OCC(=O)Nc2ccc(Cl)cc2)cc1. The molecule has 2 amide bonds. The third-order valence-electron chi connectivity index (χ3n) is 4.22. The lowest BCUT2D eigenvalue weighted by Gasteiger charge is -2.11. The van der Waals surface area contributed by atoms with Crippen LogP contribution in [0.4, 0.5) is 11.4 Å². The van der Waals surface area contributed by atoms with Crippen LogP contribution in [0.5, 0.6) is 11.5 Å². The molecule has 0 bridgehead atoms. The van der Waals surface area contributed by atoms with Gasteiger partial charge in [0.1, 0.15) is 11.5 Å². The lowest BCUT2D eigenvalue weighted by molar-refractivity contribution is -0.118. The van der Waals surface area contributed by atoms with Crippen molar-refractivity contribution in [1.29, 1.82) is 0 Å². The van der Waals surface area contributed by atoms with Crippen molar-refractivity contribution in [3.8, 4) is 11.5 Å². The Hall–Kier alpha value is -3.51. The zero-order valence-corrected chi connectivity index (χ0v) is 17.3. The second-order valence-electron chi connectivity index (χ2n) is 6.53. The molecule has 0 saturated carbocycles. The quantitative estimate of drug-likeness (QED) is 0.564. The molecule has 0 unspecified atom stereocenters. The first kappa shape index (κ1) is 21.2. The molecular formula is C23H21ClN2O4. The molecule has 7 heteroatoms. The summed E-state index contributed by atoms with van der Waals surface area (Å²) in [6, 6.07) is 18.9. The molecule has 0 aliphatic rings. The summed E-state index contributed by atoms with van der Waals surface area (Å²) in [5.74, 6) is 0.489. The number of carbonyl (C=O) groups excluding carboxylic acids is 2. The number of methoxy groups -OCH3 is 1. The number of rotatable bonds is 7. The summed E-state index contributed by atoms with van der Waals surface area (Å²) < 4.78 is 10.8. The third kappa shape index (κ3) is 5.75. The van der Waals surface area contributed by atoms with Crippen LogP contribution in [0.25, 0.3) is 0 Å². The highest BCUT2D eigenvalue weighted by Crippen LogP contribution is 2.26. The Morgan fingerprint density at radius 2 is 1.63 bits per heavy atom. The predicted molar refractivity (Wildman–Crippen MR) is 118 cm³/mol. The summed E-state index contributed by atoms with van der Waals surface area (Å²) in [6.45, 7) is 1.78. The Kier molecular flexibility index (Phi) is 6.93. The standard InChI is InChI=1S/C23H21ClN2O4/c1-15-3-12-21(29-2)20(13-15)26-23(28)16-4-10-19(11-5-16)30-14-22(27)25-18-8-6-17(24)7-9-18/h3-13H,14H2,1-2H3,(H,25,27)(H,26,28). The fourth-order valence-electron chi connectivity index (χ4n) is 2.70. The van der Waals surface area contributed by atoms with Crippen molar-refractivity contribution in [2.75, 3.05) is 24.4 Å². The van der Waals surface area contributed by atoms with Crippen LogP contribution in [0.1, 0.15) is 15.9 Å². The molecule has 0 aliphatic carbocycles. The van der Waals surface area contributed by atoms with E-state index in [1.54, 1.807) is 61.7 Å². The topological polar surface area (TPSA) is 76.7 Å². The summed E-state index contributed by atoms with van der Waals surface area (Å²) >= 11 is 5.82. The van der Waals surface area contributed by atoms with Gasteiger partial charge in [-0.15, -0.1) is 0 Å². The average Bonchev–Trinajstić information content (AvgIpc) is 2.74. The Bertz CT molecular complexity index is 1030. The van der Waals surface area contributed by atoms with Gasteiger partial charge in [0.25, 0.3) is 11.8 Å². The number of halogens is 1. The number of anilines is 2. The largest absolute Gasteiger partial charge is 0.495 e. The van der Waals surface area contributed by atoms with Crippen molar-refractivity contribution in [3.63, 3.8) is 0 Å². The van der Waals surface area contributed by atoms with E-state index in [2.05, 4.69) is 10.6 Å². The summed E-state index contributed by atoms with van der Waals surface area (Å²) in [4.78, 5) is 24.5. The van der Waals surface area contributed by atoms with Gasteiger partial charge in [0.15, 0.2) is 6.61 Å². The van der Waals surface area contributed by atoms with Gasteiger partial charge in [-0.25, -0.2) is 0 Å². The maximum atomic E-state index is 12.5. The number of aryl methyl sites for hydroxylation is 1. The zero-order chi connectivity index (χ0) is 21.5. The molecule has 3 aromatic carbocycles. The molecule has 0 atom stereocenters. The van der Waals surface area contributed by atoms with E-state index in [-0.39, 0.29) is 18.4 Å². The van der Waals surface area contributed by atoms with Crippen LogP contribution in [0.3, 0.4) is 0 Å². The highest BCUT2D eigenvalue weighted by Gasteiger charge is 2.11. The van der Waals surface area contributed by atoms with Gasteiger partial charge in [-0.1, -0.05) is 17.7 Å². The molecule has 0 radical (unpaired) electrons. The van der Waals surface area contributed by atoms with Crippen molar-refractivity contribution in [2.45, 2.75) is 6.92 Å². The van der Waals surface area contributed by atoms with Crippen molar-refractivity contribution >= 4 is 34.8 Å². The van der Waals surface area contributed by atoms with Gasteiger partial charge in [0.05, 0.1) is 12.8 Å². The van der Waals surface area contributed by atoms with Crippen molar-refractivity contribution in [1.82, 2.24) is 0 Å². The molecular weight excluding hydrogens is 404 g/mol. The molecule has 6 nitrogen and oxygen atoms in total. The molecule has 30 heavy (non-hydrogen) atoms. The fraction of sp³-hybridized carbons (Fsp3) is 0.130. The number of nitrogens with one attached hydrogen (secondary N) is 2. The van der Waals surface area contributed by atoms with E-state index in [1.165, 1.54) is 0 Å². The first-order valence-electron chi connectivity index (χ1n) is 9.19. The Morgan fingerprint density at radius 3 is 2.30 bits per heavy atom. The van der Waals surface area contributed by atoms with E-state index in [4.69, 9.17) is 21.1 Å². The minimum atomic E-state index is -0.300. The first-order chi connectivity index (χ1) is 14.4. The maximum Gasteiger partial charge on any atom is 0.262 e. The minimum Gasteiger partial charge on any atom is -0.495 e. The van der Waals surface area contributed by atoms with Crippen LogP contribution in [0, 0.1) is 6.92 Å². The molecule has 0 aliphatic heterocycles. The monoisotopic (exact) mass is 424 g/mol. The normalized spacial score (nSPS) is 10.2. The predicted octanol–water partition coefficient (Wildman–Crippen LogP) is 4.93. The van der Waals surface area contributed by atoms with Crippen LogP contribution in [0.2, 0.25) is 5.02 Å². The molecule has 0 fully saturated rings. The number of amides is 2. The molecule has 2 N–H and O–H groups in total. The van der Waals surface area contributed by atoms with E-state index >= 15 is 0 Å². The molecule has 0 aromatic heterocycles. The fourth-order valence-corrected chi connectivity index (χ4v) is 2.82. The van der Waals surface area contributed by atoms with E-state index in [1.807, 2.05) is 19.1 Å². The number of carbonyl (C=O) groups is 2. The molecule has 3 aromatic rings. The van der Waals surface area contributed by atoms with Gasteiger partial charge >= 0.3 is 0 Å². The van der Waals surface area contributed by atoms with Gasteiger partial charge in [-0.3, -0.25) is 9.59 Å². The minimum absolute atomic E-state index is 0.158. The number of hydrogen-bond acceptors (Lipinski definition) is 4. The number of ether oxygens (including phenoxy) is 2. The Morgan fingerprint density at radius 1 is 0.933 bits per heavy atom. The number of benzene rings is 3. The molecule has 154 valence electrons. The van der Waals surface area contributed by atoms with E-state index in [0.29, 0.717) is 33.5 Å². The lowest BCUT2D eigenvalue weighted by atomic mass is 10.1. The second-order valence-corrected chi connectivity index (χ2v) is 6.96. The third-order valence-corrected chi connectivity index (χ3v) is 4.47. The lowest BCUT2D eigenvalue weighted by Crippen LogP contribution is -2.20. The van der Waals surface area contributed by atoms with Crippen LogP contribution < -0.4 is 20.1 Å². The Labute approximate surface area is 179 Å².